The molecule has 102 valence electrons. The number of ether oxygens (including phenoxy) is 1. The van der Waals surface area contributed by atoms with Crippen molar-refractivity contribution in [3.05, 3.63) is 64.1 Å². The molecular weight excluding hydrogens is 339 g/mol. The normalized spacial score (nSPS) is 12.6. The first-order chi connectivity index (χ1) is 9.72. The van der Waals surface area contributed by atoms with Crippen molar-refractivity contribution in [1.82, 2.24) is 0 Å². The molecule has 0 saturated heterocycles. The molecule has 1 heterocycles. The second-order valence-corrected chi connectivity index (χ2v) is 6.26. The van der Waals surface area contributed by atoms with Gasteiger partial charge in [-0.1, -0.05) is 46.3 Å². The Labute approximate surface area is 129 Å². The van der Waals surface area contributed by atoms with Gasteiger partial charge in [-0.25, -0.2) is 4.39 Å². The fraction of sp³-hybridized carbons (Fsp3) is 0.125. The van der Waals surface area contributed by atoms with E-state index < -0.39 is 0 Å². The van der Waals surface area contributed by atoms with E-state index in [1.165, 1.54) is 6.07 Å². The van der Waals surface area contributed by atoms with E-state index in [1.807, 2.05) is 35.7 Å². The Hall–Kier alpha value is -1.39. The van der Waals surface area contributed by atoms with Crippen molar-refractivity contribution in [1.29, 1.82) is 0 Å². The molecule has 0 radical (unpaired) electrons. The van der Waals surface area contributed by atoms with E-state index in [4.69, 9.17) is 4.74 Å². The zero-order valence-electron chi connectivity index (χ0n) is 10.8. The summed E-state index contributed by atoms with van der Waals surface area (Å²) in [6.07, 6.45) is 0. The number of thiophene rings is 1. The van der Waals surface area contributed by atoms with E-state index in [1.54, 1.807) is 24.5 Å². The summed E-state index contributed by atoms with van der Waals surface area (Å²) >= 11 is 5.34. The van der Waals surface area contributed by atoms with Gasteiger partial charge in [0.25, 0.3) is 0 Å². The van der Waals surface area contributed by atoms with Gasteiger partial charge in [-0.3, -0.25) is 0 Å². The van der Waals surface area contributed by atoms with E-state index in [0.29, 0.717) is 5.39 Å². The Morgan fingerprint density at radius 2 is 1.85 bits per heavy atom. The van der Waals surface area contributed by atoms with Gasteiger partial charge in [0.1, 0.15) is 11.6 Å². The molecule has 0 saturated carbocycles. The van der Waals surface area contributed by atoms with Crippen molar-refractivity contribution in [3.8, 4) is 5.75 Å². The Morgan fingerprint density at radius 1 is 1.10 bits per heavy atom. The summed E-state index contributed by atoms with van der Waals surface area (Å²) in [6.45, 7) is 0. The minimum Gasteiger partial charge on any atom is -0.496 e. The Kier molecular flexibility index (Phi) is 3.76. The van der Waals surface area contributed by atoms with Crippen molar-refractivity contribution in [2.45, 2.75) is 4.83 Å². The molecule has 1 atom stereocenters. The van der Waals surface area contributed by atoms with Gasteiger partial charge in [-0.05, 0) is 28.5 Å². The predicted octanol–water partition coefficient (Wildman–Crippen LogP) is 5.53. The van der Waals surface area contributed by atoms with Crippen LogP contribution in [0.1, 0.15) is 15.3 Å². The molecule has 1 aromatic heterocycles. The lowest BCUT2D eigenvalue weighted by molar-refractivity contribution is 0.413. The smallest absolute Gasteiger partial charge is 0.134 e. The topological polar surface area (TPSA) is 9.23 Å². The Bertz CT molecular complexity index is 753. The van der Waals surface area contributed by atoms with Crippen molar-refractivity contribution in [2.75, 3.05) is 7.11 Å². The molecule has 2 aromatic carbocycles. The van der Waals surface area contributed by atoms with Crippen LogP contribution in [0.2, 0.25) is 0 Å². The number of hydrogen-bond donors (Lipinski definition) is 0. The zero-order valence-corrected chi connectivity index (χ0v) is 13.2. The lowest BCUT2D eigenvalue weighted by Gasteiger charge is -2.14. The number of benzene rings is 2. The van der Waals surface area contributed by atoms with Crippen LogP contribution in [-0.4, -0.2) is 7.11 Å². The third-order valence-corrected chi connectivity index (χ3v) is 5.50. The molecule has 0 N–H and O–H groups in total. The third-order valence-electron chi connectivity index (χ3n) is 3.29. The Morgan fingerprint density at radius 3 is 2.60 bits per heavy atom. The number of methoxy groups -OCH3 is 1. The number of hydrogen-bond acceptors (Lipinski definition) is 2. The lowest BCUT2D eigenvalue weighted by atomic mass is 10.0. The summed E-state index contributed by atoms with van der Waals surface area (Å²) in [6, 6.07) is 12.8. The summed E-state index contributed by atoms with van der Waals surface area (Å²) in [5, 5.41) is 3.56. The molecule has 0 fully saturated rings. The summed E-state index contributed by atoms with van der Waals surface area (Å²) in [5.74, 6) is 0.660. The fourth-order valence-electron chi connectivity index (χ4n) is 2.31. The predicted molar refractivity (Wildman–Crippen MR) is 85.5 cm³/mol. The highest BCUT2D eigenvalue weighted by Crippen LogP contribution is 2.42. The van der Waals surface area contributed by atoms with Gasteiger partial charge in [0, 0.05) is 5.39 Å². The monoisotopic (exact) mass is 350 g/mol. The van der Waals surface area contributed by atoms with Gasteiger partial charge >= 0.3 is 0 Å². The summed E-state index contributed by atoms with van der Waals surface area (Å²) in [5.41, 5.74) is 1.04. The van der Waals surface area contributed by atoms with E-state index in [9.17, 15) is 4.39 Å². The molecule has 0 spiro atoms. The van der Waals surface area contributed by atoms with Crippen molar-refractivity contribution >= 4 is 38.0 Å². The van der Waals surface area contributed by atoms with Crippen LogP contribution in [0.25, 0.3) is 10.8 Å². The van der Waals surface area contributed by atoms with Crippen LogP contribution in [0.4, 0.5) is 4.39 Å². The van der Waals surface area contributed by atoms with Crippen molar-refractivity contribution < 1.29 is 9.13 Å². The maximum absolute atomic E-state index is 13.9. The first-order valence-electron chi connectivity index (χ1n) is 6.15. The average molecular weight is 351 g/mol. The molecule has 4 heteroatoms. The molecule has 0 aliphatic heterocycles. The second-order valence-electron chi connectivity index (χ2n) is 4.40. The summed E-state index contributed by atoms with van der Waals surface area (Å²) in [7, 11) is 1.66. The van der Waals surface area contributed by atoms with Gasteiger partial charge in [0.15, 0.2) is 0 Å². The first kappa shape index (κ1) is 13.6. The van der Waals surface area contributed by atoms with E-state index in [2.05, 4.69) is 15.9 Å². The number of rotatable bonds is 3. The number of halogens is 2. The lowest BCUT2D eigenvalue weighted by Crippen LogP contribution is -1.95. The molecule has 1 unspecified atom stereocenters. The zero-order chi connectivity index (χ0) is 14.1. The van der Waals surface area contributed by atoms with Crippen LogP contribution >= 0.6 is 27.3 Å². The van der Waals surface area contributed by atoms with Crippen LogP contribution in [0.5, 0.6) is 5.75 Å². The second kappa shape index (κ2) is 5.54. The molecule has 3 aromatic rings. The molecule has 0 aliphatic rings. The van der Waals surface area contributed by atoms with Gasteiger partial charge in [0.2, 0.25) is 0 Å². The molecule has 3 rings (SSSR count). The SMILES string of the molecule is COc1ccsc1C(Br)c1ccc(F)c2ccccc12. The minimum atomic E-state index is -0.192. The largest absolute Gasteiger partial charge is 0.496 e. The van der Waals surface area contributed by atoms with Gasteiger partial charge in [-0.2, -0.15) is 0 Å². The van der Waals surface area contributed by atoms with Crippen LogP contribution < -0.4 is 4.74 Å². The van der Waals surface area contributed by atoms with Crippen LogP contribution in [0.3, 0.4) is 0 Å². The maximum atomic E-state index is 13.9. The van der Waals surface area contributed by atoms with E-state index >= 15 is 0 Å². The highest BCUT2D eigenvalue weighted by atomic mass is 79.9. The van der Waals surface area contributed by atoms with Crippen molar-refractivity contribution in [2.24, 2.45) is 0 Å². The van der Waals surface area contributed by atoms with Crippen LogP contribution in [0, 0.1) is 5.82 Å². The van der Waals surface area contributed by atoms with Gasteiger partial charge < -0.3 is 4.74 Å². The van der Waals surface area contributed by atoms with Crippen LogP contribution in [0.15, 0.2) is 47.8 Å². The average Bonchev–Trinajstić information content (AvgIpc) is 2.96. The van der Waals surface area contributed by atoms with Gasteiger partial charge in [0.05, 0.1) is 16.8 Å². The summed E-state index contributed by atoms with van der Waals surface area (Å²) in [4.78, 5) is 1.08. The van der Waals surface area contributed by atoms with E-state index in [-0.39, 0.29) is 10.6 Å². The highest BCUT2D eigenvalue weighted by molar-refractivity contribution is 9.09. The molecule has 0 aliphatic carbocycles. The van der Waals surface area contributed by atoms with E-state index in [0.717, 1.165) is 21.6 Å². The molecule has 20 heavy (non-hydrogen) atoms. The highest BCUT2D eigenvalue weighted by Gasteiger charge is 2.19. The third kappa shape index (κ3) is 2.23. The minimum absolute atomic E-state index is 0.0112. The molecule has 1 nitrogen and oxygen atoms in total. The summed E-state index contributed by atoms with van der Waals surface area (Å²) < 4.78 is 19.3. The molecular formula is C16H12BrFOS. The number of fused-ring (bicyclic) bond motifs is 1. The fourth-order valence-corrected chi connectivity index (χ4v) is 4.11. The quantitative estimate of drug-likeness (QED) is 0.564. The number of alkyl halides is 1. The molecule has 0 amide bonds. The Balaban J connectivity index is 2.17. The standard InChI is InChI=1S/C16H12BrFOS/c1-19-14-8-9-20-16(14)15(17)12-6-7-13(18)11-5-3-2-4-10(11)12/h2-9,15H,1H3. The van der Waals surface area contributed by atoms with Gasteiger partial charge in [-0.15, -0.1) is 11.3 Å². The maximum Gasteiger partial charge on any atom is 0.134 e. The molecule has 0 bridgehead atoms. The first-order valence-corrected chi connectivity index (χ1v) is 7.94. The van der Waals surface area contributed by atoms with Crippen LogP contribution in [-0.2, 0) is 0 Å². The van der Waals surface area contributed by atoms with Crippen molar-refractivity contribution in [3.63, 3.8) is 0 Å².